The Kier molecular flexibility index (Phi) is 7.81. The summed E-state index contributed by atoms with van der Waals surface area (Å²) in [6.45, 7) is 2.05. The molecule has 0 aliphatic rings. The Morgan fingerprint density at radius 3 is 2.83 bits per heavy atom. The van der Waals surface area contributed by atoms with E-state index >= 15 is 0 Å². The van der Waals surface area contributed by atoms with Gasteiger partial charge in [-0.15, -0.1) is 11.3 Å². The van der Waals surface area contributed by atoms with Crippen molar-refractivity contribution in [1.82, 2.24) is 5.32 Å². The van der Waals surface area contributed by atoms with Crippen LogP contribution in [0.15, 0.2) is 40.2 Å². The van der Waals surface area contributed by atoms with Gasteiger partial charge in [0.15, 0.2) is 12.4 Å². The summed E-state index contributed by atoms with van der Waals surface area (Å²) in [4.78, 5) is 24.4. The van der Waals surface area contributed by atoms with Crippen LogP contribution in [0.3, 0.4) is 0 Å². The van der Waals surface area contributed by atoms with Crippen molar-refractivity contribution in [3.8, 4) is 5.75 Å². The standard InChI is InChI=1S/C17H18BrNO3S2/c1-12(20)13-3-2-4-14(9-13)22-10-17(21)19-7-8-23-11-15-5-6-16(18)24-15/h2-6,9H,7-8,10-11H2,1H3,(H,19,21). The molecule has 24 heavy (non-hydrogen) atoms. The molecule has 0 saturated carbocycles. The molecule has 0 spiro atoms. The van der Waals surface area contributed by atoms with Gasteiger partial charge in [0, 0.05) is 28.5 Å². The largest absolute Gasteiger partial charge is 0.484 e. The van der Waals surface area contributed by atoms with Crippen molar-refractivity contribution in [3.63, 3.8) is 0 Å². The van der Waals surface area contributed by atoms with Crippen molar-refractivity contribution in [2.45, 2.75) is 12.7 Å². The van der Waals surface area contributed by atoms with E-state index in [0.29, 0.717) is 17.9 Å². The number of hydrogen-bond donors (Lipinski definition) is 1. The van der Waals surface area contributed by atoms with Gasteiger partial charge in [0.25, 0.3) is 5.91 Å². The molecule has 1 N–H and O–H groups in total. The lowest BCUT2D eigenvalue weighted by Gasteiger charge is -2.08. The number of Topliss-reactive ketones (excluding diaryl/α,β-unsaturated/α-hetero) is 1. The number of carbonyl (C=O) groups excluding carboxylic acids is 2. The van der Waals surface area contributed by atoms with E-state index in [9.17, 15) is 9.59 Å². The summed E-state index contributed by atoms with van der Waals surface area (Å²) < 4.78 is 6.55. The molecular formula is C17H18BrNO3S2. The third kappa shape index (κ3) is 6.67. The summed E-state index contributed by atoms with van der Waals surface area (Å²) in [5, 5.41) is 2.82. The van der Waals surface area contributed by atoms with E-state index in [2.05, 4.69) is 27.3 Å². The van der Waals surface area contributed by atoms with Crippen LogP contribution in [0.4, 0.5) is 0 Å². The Labute approximate surface area is 158 Å². The van der Waals surface area contributed by atoms with Crippen molar-refractivity contribution in [2.75, 3.05) is 18.9 Å². The fourth-order valence-electron chi connectivity index (χ4n) is 1.87. The highest BCUT2D eigenvalue weighted by Crippen LogP contribution is 2.25. The van der Waals surface area contributed by atoms with Gasteiger partial charge in [-0.1, -0.05) is 12.1 Å². The molecular weight excluding hydrogens is 410 g/mol. The number of hydrogen-bond acceptors (Lipinski definition) is 5. The highest BCUT2D eigenvalue weighted by Gasteiger charge is 2.05. The van der Waals surface area contributed by atoms with Gasteiger partial charge in [-0.25, -0.2) is 0 Å². The molecule has 128 valence electrons. The topological polar surface area (TPSA) is 55.4 Å². The number of carbonyl (C=O) groups is 2. The lowest BCUT2D eigenvalue weighted by molar-refractivity contribution is -0.122. The predicted octanol–water partition coefficient (Wildman–Crippen LogP) is 4.14. The van der Waals surface area contributed by atoms with Crippen LogP contribution in [-0.4, -0.2) is 30.6 Å². The first-order chi connectivity index (χ1) is 11.5. The van der Waals surface area contributed by atoms with Crippen LogP contribution >= 0.6 is 39.0 Å². The van der Waals surface area contributed by atoms with Crippen molar-refractivity contribution >= 4 is 50.7 Å². The number of thiophene rings is 1. The van der Waals surface area contributed by atoms with E-state index in [1.54, 1.807) is 47.4 Å². The van der Waals surface area contributed by atoms with Crippen LogP contribution in [0.2, 0.25) is 0 Å². The predicted molar refractivity (Wildman–Crippen MR) is 103 cm³/mol. The highest BCUT2D eigenvalue weighted by molar-refractivity contribution is 9.11. The third-order valence-corrected chi connectivity index (χ3v) is 5.87. The summed E-state index contributed by atoms with van der Waals surface area (Å²) in [5.41, 5.74) is 0.574. The van der Waals surface area contributed by atoms with Crippen molar-refractivity contribution < 1.29 is 14.3 Å². The van der Waals surface area contributed by atoms with Gasteiger partial charge in [-0.2, -0.15) is 11.8 Å². The van der Waals surface area contributed by atoms with Gasteiger partial charge in [0.05, 0.1) is 3.79 Å². The third-order valence-electron chi connectivity index (χ3n) is 3.05. The van der Waals surface area contributed by atoms with E-state index in [1.807, 2.05) is 6.07 Å². The maximum absolute atomic E-state index is 11.8. The quantitative estimate of drug-likeness (QED) is 0.482. The molecule has 0 aliphatic heterocycles. The normalized spacial score (nSPS) is 10.4. The van der Waals surface area contributed by atoms with Crippen LogP contribution < -0.4 is 10.1 Å². The highest BCUT2D eigenvalue weighted by atomic mass is 79.9. The average molecular weight is 428 g/mol. The first-order valence-electron chi connectivity index (χ1n) is 7.37. The molecule has 1 heterocycles. The maximum atomic E-state index is 11.8. The Morgan fingerprint density at radius 1 is 1.29 bits per heavy atom. The Hall–Kier alpha value is -1.31. The van der Waals surface area contributed by atoms with Gasteiger partial charge in [0.2, 0.25) is 0 Å². The van der Waals surface area contributed by atoms with Gasteiger partial charge in [-0.05, 0) is 47.1 Å². The zero-order chi connectivity index (χ0) is 17.4. The lowest BCUT2D eigenvalue weighted by atomic mass is 10.1. The van der Waals surface area contributed by atoms with Gasteiger partial charge in [0.1, 0.15) is 5.75 Å². The number of nitrogens with one attached hydrogen (secondary N) is 1. The minimum atomic E-state index is -0.164. The minimum Gasteiger partial charge on any atom is -0.484 e. The van der Waals surface area contributed by atoms with Gasteiger partial charge >= 0.3 is 0 Å². The second kappa shape index (κ2) is 9.86. The monoisotopic (exact) mass is 427 g/mol. The molecule has 0 unspecified atom stereocenters. The van der Waals surface area contributed by atoms with Crippen LogP contribution in [0.1, 0.15) is 22.2 Å². The molecule has 0 aliphatic carbocycles. The summed E-state index contributed by atoms with van der Waals surface area (Å²) >= 11 is 6.95. The molecule has 0 saturated heterocycles. The molecule has 2 rings (SSSR count). The van der Waals surface area contributed by atoms with E-state index in [0.717, 1.165) is 15.3 Å². The Balaban J connectivity index is 1.61. The van der Waals surface area contributed by atoms with Crippen LogP contribution in [-0.2, 0) is 10.5 Å². The first-order valence-corrected chi connectivity index (χ1v) is 10.1. The van der Waals surface area contributed by atoms with Crippen LogP contribution in [0, 0.1) is 0 Å². The van der Waals surface area contributed by atoms with E-state index < -0.39 is 0 Å². The molecule has 7 heteroatoms. The number of ether oxygens (including phenoxy) is 1. The number of thioether (sulfide) groups is 1. The zero-order valence-electron chi connectivity index (χ0n) is 13.2. The second-order valence-electron chi connectivity index (χ2n) is 4.98. The number of halogens is 1. The summed E-state index contributed by atoms with van der Waals surface area (Å²) in [7, 11) is 0. The van der Waals surface area contributed by atoms with Crippen LogP contribution in [0.5, 0.6) is 5.75 Å². The molecule has 1 aromatic carbocycles. The summed E-state index contributed by atoms with van der Waals surface area (Å²) in [5.74, 6) is 2.12. The fraction of sp³-hybridized carbons (Fsp3) is 0.294. The van der Waals surface area contributed by atoms with Crippen molar-refractivity contribution in [1.29, 1.82) is 0 Å². The van der Waals surface area contributed by atoms with Crippen molar-refractivity contribution in [3.05, 3.63) is 50.6 Å². The smallest absolute Gasteiger partial charge is 0.257 e. The summed E-state index contributed by atoms with van der Waals surface area (Å²) in [6, 6.07) is 11.0. The number of benzene rings is 1. The van der Waals surface area contributed by atoms with Crippen LogP contribution in [0.25, 0.3) is 0 Å². The van der Waals surface area contributed by atoms with Crippen molar-refractivity contribution in [2.24, 2.45) is 0 Å². The maximum Gasteiger partial charge on any atom is 0.257 e. The first kappa shape index (κ1) is 19.0. The van der Waals surface area contributed by atoms with E-state index in [-0.39, 0.29) is 18.3 Å². The number of ketones is 1. The lowest BCUT2D eigenvalue weighted by Crippen LogP contribution is -2.30. The fourth-order valence-corrected chi connectivity index (χ4v) is 4.32. The molecule has 0 atom stereocenters. The van der Waals surface area contributed by atoms with E-state index in [1.165, 1.54) is 11.8 Å². The Morgan fingerprint density at radius 2 is 2.12 bits per heavy atom. The number of amides is 1. The molecule has 2 aromatic rings. The molecule has 0 radical (unpaired) electrons. The average Bonchev–Trinajstić information content (AvgIpc) is 2.98. The molecule has 1 aromatic heterocycles. The van der Waals surface area contributed by atoms with Gasteiger partial charge in [-0.3, -0.25) is 9.59 Å². The second-order valence-corrected chi connectivity index (χ2v) is 8.63. The van der Waals surface area contributed by atoms with E-state index in [4.69, 9.17) is 4.74 Å². The molecule has 0 bridgehead atoms. The zero-order valence-corrected chi connectivity index (χ0v) is 16.4. The molecule has 0 fully saturated rings. The SMILES string of the molecule is CC(=O)c1cccc(OCC(=O)NCCSCc2ccc(Br)s2)c1. The Bertz CT molecular complexity index is 703. The minimum absolute atomic E-state index is 0.0281. The molecule has 4 nitrogen and oxygen atoms in total. The number of rotatable bonds is 9. The molecule has 1 amide bonds. The summed E-state index contributed by atoms with van der Waals surface area (Å²) in [6.07, 6.45) is 0. The van der Waals surface area contributed by atoms with Gasteiger partial charge < -0.3 is 10.1 Å².